The number of carbonyl (C=O) groups excluding carboxylic acids is 1. The number of nitrogens with one attached hydrogen (secondary N) is 1. The standard InChI is InChI=1S/C23H22N2O6S/c24-21(22(26)27)14-16-6-12-20(13-7-16)32(29,30)25-19-10-8-18(9-11-19)23(28)31-15-17-4-2-1-3-5-17/h1-13,21,25H,14-15,24H2,(H,26,27)/t21-/m0/s1. The van der Waals surface area contributed by atoms with Crippen LogP contribution < -0.4 is 10.5 Å². The SMILES string of the molecule is N[C@@H](Cc1ccc(S(=O)(=O)Nc2ccc(C(=O)OCc3ccccc3)cc2)cc1)C(=O)O. The fraction of sp³-hybridized carbons (Fsp3) is 0.130. The number of aliphatic carboxylic acids is 1. The van der Waals surface area contributed by atoms with Crippen molar-refractivity contribution in [3.05, 3.63) is 95.6 Å². The third-order valence-electron chi connectivity index (χ3n) is 4.59. The number of carbonyl (C=O) groups is 2. The third-order valence-corrected chi connectivity index (χ3v) is 5.99. The van der Waals surface area contributed by atoms with Crippen LogP contribution in [0.1, 0.15) is 21.5 Å². The van der Waals surface area contributed by atoms with Crippen molar-refractivity contribution in [3.8, 4) is 0 Å². The summed E-state index contributed by atoms with van der Waals surface area (Å²) in [7, 11) is -3.87. The summed E-state index contributed by atoms with van der Waals surface area (Å²) >= 11 is 0. The van der Waals surface area contributed by atoms with E-state index in [-0.39, 0.29) is 23.6 Å². The Bertz CT molecular complexity index is 1180. The van der Waals surface area contributed by atoms with E-state index in [1.165, 1.54) is 48.5 Å². The van der Waals surface area contributed by atoms with Crippen molar-refractivity contribution >= 4 is 27.6 Å². The molecule has 0 aliphatic rings. The minimum absolute atomic E-state index is 0.0106. The first-order chi connectivity index (χ1) is 15.2. The summed E-state index contributed by atoms with van der Waals surface area (Å²) < 4.78 is 32.9. The predicted octanol–water partition coefficient (Wildman–Crippen LogP) is 2.80. The van der Waals surface area contributed by atoms with Gasteiger partial charge in [-0.3, -0.25) is 9.52 Å². The first-order valence-corrected chi connectivity index (χ1v) is 11.1. The molecule has 0 fully saturated rings. The molecule has 0 heterocycles. The van der Waals surface area contributed by atoms with E-state index >= 15 is 0 Å². The maximum Gasteiger partial charge on any atom is 0.338 e. The zero-order valence-corrected chi connectivity index (χ0v) is 17.8. The molecule has 0 radical (unpaired) electrons. The van der Waals surface area contributed by atoms with E-state index in [9.17, 15) is 18.0 Å². The second kappa shape index (κ2) is 10.1. The van der Waals surface area contributed by atoms with Crippen LogP contribution in [0.15, 0.2) is 83.8 Å². The summed E-state index contributed by atoms with van der Waals surface area (Å²) in [6, 6.07) is 19.9. The van der Waals surface area contributed by atoms with Crippen molar-refractivity contribution in [1.29, 1.82) is 0 Å². The van der Waals surface area contributed by atoms with Gasteiger partial charge in [-0.15, -0.1) is 0 Å². The summed E-state index contributed by atoms with van der Waals surface area (Å²) in [4.78, 5) is 23.0. The van der Waals surface area contributed by atoms with Crippen LogP contribution in [0.4, 0.5) is 5.69 Å². The van der Waals surface area contributed by atoms with Gasteiger partial charge in [0.1, 0.15) is 12.6 Å². The molecule has 0 aliphatic carbocycles. The normalized spacial score (nSPS) is 12.0. The Morgan fingerprint density at radius 3 is 2.12 bits per heavy atom. The molecule has 4 N–H and O–H groups in total. The van der Waals surface area contributed by atoms with Gasteiger partial charge in [0.25, 0.3) is 10.0 Å². The van der Waals surface area contributed by atoms with Gasteiger partial charge >= 0.3 is 11.9 Å². The van der Waals surface area contributed by atoms with Crippen molar-refractivity contribution in [1.82, 2.24) is 0 Å². The van der Waals surface area contributed by atoms with Gasteiger partial charge in [-0.1, -0.05) is 42.5 Å². The summed E-state index contributed by atoms with van der Waals surface area (Å²) in [5.41, 5.74) is 7.54. The highest BCUT2D eigenvalue weighted by molar-refractivity contribution is 7.92. The molecule has 0 unspecified atom stereocenters. The number of sulfonamides is 1. The van der Waals surface area contributed by atoms with E-state index in [0.717, 1.165) is 5.56 Å². The van der Waals surface area contributed by atoms with E-state index in [4.69, 9.17) is 15.6 Å². The van der Waals surface area contributed by atoms with Crippen LogP contribution in [0.2, 0.25) is 0 Å². The number of carboxylic acids is 1. The number of ether oxygens (including phenoxy) is 1. The average molecular weight is 455 g/mol. The molecule has 1 atom stereocenters. The molecule has 3 aromatic carbocycles. The lowest BCUT2D eigenvalue weighted by Gasteiger charge is -2.10. The highest BCUT2D eigenvalue weighted by Gasteiger charge is 2.16. The van der Waals surface area contributed by atoms with Gasteiger partial charge < -0.3 is 15.6 Å². The summed E-state index contributed by atoms with van der Waals surface area (Å²) in [5, 5.41) is 8.87. The van der Waals surface area contributed by atoms with Gasteiger partial charge in [0.05, 0.1) is 10.5 Å². The molecule has 3 rings (SSSR count). The Labute approximate surface area is 185 Å². The molecule has 166 valence electrons. The first kappa shape index (κ1) is 23.0. The highest BCUT2D eigenvalue weighted by Crippen LogP contribution is 2.18. The Morgan fingerprint density at radius 1 is 0.906 bits per heavy atom. The number of hydrogen-bond acceptors (Lipinski definition) is 6. The fourth-order valence-corrected chi connectivity index (χ4v) is 3.90. The van der Waals surface area contributed by atoms with Crippen LogP contribution in [-0.4, -0.2) is 31.5 Å². The molecule has 0 bridgehead atoms. The molecule has 0 aromatic heterocycles. The Morgan fingerprint density at radius 2 is 1.53 bits per heavy atom. The maximum atomic E-state index is 12.6. The van der Waals surface area contributed by atoms with Crippen LogP contribution in [0.3, 0.4) is 0 Å². The van der Waals surface area contributed by atoms with Crippen molar-refractivity contribution < 1.29 is 27.9 Å². The van der Waals surface area contributed by atoms with E-state index in [1.54, 1.807) is 0 Å². The van der Waals surface area contributed by atoms with Crippen molar-refractivity contribution in [2.75, 3.05) is 4.72 Å². The van der Waals surface area contributed by atoms with Gasteiger partial charge in [-0.2, -0.15) is 0 Å². The number of esters is 1. The molecule has 0 aliphatic heterocycles. The van der Waals surface area contributed by atoms with E-state index < -0.39 is 28.0 Å². The van der Waals surface area contributed by atoms with E-state index in [1.807, 2.05) is 30.3 Å². The first-order valence-electron chi connectivity index (χ1n) is 9.66. The van der Waals surface area contributed by atoms with E-state index in [2.05, 4.69) is 4.72 Å². The molecule has 3 aromatic rings. The molecule has 0 amide bonds. The predicted molar refractivity (Wildman–Crippen MR) is 119 cm³/mol. The second-order valence-corrected chi connectivity index (χ2v) is 8.72. The maximum absolute atomic E-state index is 12.6. The van der Waals surface area contributed by atoms with Gasteiger partial charge in [-0.05, 0) is 53.9 Å². The minimum atomic E-state index is -3.87. The van der Waals surface area contributed by atoms with Crippen LogP contribution in [0.5, 0.6) is 0 Å². The summed E-state index contributed by atoms with van der Waals surface area (Å²) in [6.07, 6.45) is 0.0882. The Balaban J connectivity index is 1.61. The fourth-order valence-electron chi connectivity index (χ4n) is 2.84. The minimum Gasteiger partial charge on any atom is -0.480 e. The van der Waals surface area contributed by atoms with Gasteiger partial charge in [0.2, 0.25) is 0 Å². The lowest BCUT2D eigenvalue weighted by Crippen LogP contribution is -2.32. The van der Waals surface area contributed by atoms with Crippen LogP contribution in [-0.2, 0) is 32.6 Å². The summed E-state index contributed by atoms with van der Waals surface area (Å²) in [6.45, 7) is 0.140. The van der Waals surface area contributed by atoms with Crippen LogP contribution >= 0.6 is 0 Å². The van der Waals surface area contributed by atoms with Crippen molar-refractivity contribution in [3.63, 3.8) is 0 Å². The zero-order chi connectivity index (χ0) is 23.1. The number of carboxylic acid groups (broad SMARTS) is 1. The Hall–Kier alpha value is -3.69. The molecule has 0 saturated carbocycles. The molecular weight excluding hydrogens is 432 g/mol. The van der Waals surface area contributed by atoms with Crippen LogP contribution in [0, 0.1) is 0 Å². The molecule has 0 spiro atoms. The number of anilines is 1. The monoisotopic (exact) mass is 454 g/mol. The van der Waals surface area contributed by atoms with Gasteiger partial charge in [0, 0.05) is 5.69 Å². The van der Waals surface area contributed by atoms with Crippen LogP contribution in [0.25, 0.3) is 0 Å². The Kier molecular flexibility index (Phi) is 7.24. The van der Waals surface area contributed by atoms with Gasteiger partial charge in [-0.25, -0.2) is 13.2 Å². The lowest BCUT2D eigenvalue weighted by molar-refractivity contribution is -0.138. The molecule has 32 heavy (non-hydrogen) atoms. The molecule has 8 nitrogen and oxygen atoms in total. The molecule has 9 heteroatoms. The number of benzene rings is 3. The zero-order valence-electron chi connectivity index (χ0n) is 17.0. The second-order valence-electron chi connectivity index (χ2n) is 7.04. The number of nitrogens with two attached hydrogens (primary N) is 1. The highest BCUT2D eigenvalue weighted by atomic mass is 32.2. The summed E-state index contributed by atoms with van der Waals surface area (Å²) in [5.74, 6) is -1.64. The molecular formula is C23H22N2O6S. The quantitative estimate of drug-likeness (QED) is 0.423. The number of rotatable bonds is 9. The topological polar surface area (TPSA) is 136 Å². The van der Waals surface area contributed by atoms with Gasteiger partial charge in [0.15, 0.2) is 0 Å². The van der Waals surface area contributed by atoms with E-state index in [0.29, 0.717) is 11.1 Å². The number of hydrogen-bond donors (Lipinski definition) is 3. The lowest BCUT2D eigenvalue weighted by atomic mass is 10.1. The van der Waals surface area contributed by atoms with Crippen molar-refractivity contribution in [2.45, 2.75) is 24.0 Å². The average Bonchev–Trinajstić information content (AvgIpc) is 2.78. The largest absolute Gasteiger partial charge is 0.480 e. The smallest absolute Gasteiger partial charge is 0.338 e. The third kappa shape index (κ3) is 6.16. The van der Waals surface area contributed by atoms with Crippen molar-refractivity contribution in [2.24, 2.45) is 5.73 Å². The molecule has 0 saturated heterocycles.